The van der Waals surface area contributed by atoms with Gasteiger partial charge in [-0.3, -0.25) is 0 Å². The van der Waals surface area contributed by atoms with Gasteiger partial charge < -0.3 is 0 Å². The van der Waals surface area contributed by atoms with Crippen LogP contribution in [0.25, 0.3) is 0 Å². The Morgan fingerprint density at radius 1 is 1.54 bits per heavy atom. The quantitative estimate of drug-likeness (QED) is 0.761. The third kappa shape index (κ3) is 1.91. The zero-order valence-electron chi connectivity index (χ0n) is 7.92. The Morgan fingerprint density at radius 3 is 2.85 bits per heavy atom. The summed E-state index contributed by atoms with van der Waals surface area (Å²) < 4.78 is 0. The molecule has 0 unspecified atom stereocenters. The minimum Gasteiger partial charge on any atom is -0.246 e. The first-order valence-corrected chi connectivity index (χ1v) is 6.33. The van der Waals surface area contributed by atoms with Gasteiger partial charge in [-0.25, -0.2) is 4.98 Å². The van der Waals surface area contributed by atoms with Crippen LogP contribution in [0.3, 0.4) is 0 Å². The first kappa shape index (κ1) is 9.53. The molecular weight excluding hydrogens is 198 g/mol. The number of thiol groups is 1. The number of hydrogen-bond donors (Lipinski definition) is 1. The highest BCUT2D eigenvalue weighted by Crippen LogP contribution is 2.39. The second kappa shape index (κ2) is 4.01. The van der Waals surface area contributed by atoms with Gasteiger partial charge in [0.15, 0.2) is 0 Å². The molecule has 13 heavy (non-hydrogen) atoms. The van der Waals surface area contributed by atoms with Crippen molar-refractivity contribution < 1.29 is 0 Å². The van der Waals surface area contributed by atoms with Gasteiger partial charge in [0.25, 0.3) is 0 Å². The predicted octanol–water partition coefficient (Wildman–Crippen LogP) is 3.19. The number of hydrogen-bond acceptors (Lipinski definition) is 3. The Morgan fingerprint density at radius 2 is 2.31 bits per heavy atom. The van der Waals surface area contributed by atoms with E-state index < -0.39 is 0 Å². The molecule has 1 aliphatic rings. The van der Waals surface area contributed by atoms with Gasteiger partial charge in [0.1, 0.15) is 0 Å². The average Bonchev–Trinajstić information content (AvgIpc) is 2.30. The molecule has 1 aromatic rings. The third-order valence-electron chi connectivity index (χ3n) is 2.70. The lowest BCUT2D eigenvalue weighted by molar-refractivity contribution is 0.418. The molecule has 1 nitrogen and oxygen atoms in total. The second-order valence-corrected chi connectivity index (χ2v) is 5.22. The largest absolute Gasteiger partial charge is 0.246 e. The van der Waals surface area contributed by atoms with E-state index in [4.69, 9.17) is 0 Å². The molecule has 0 saturated heterocycles. The molecule has 3 heteroatoms. The predicted molar refractivity (Wildman–Crippen MR) is 61.0 cm³/mol. The normalized spacial score (nSPS) is 17.4. The van der Waals surface area contributed by atoms with Gasteiger partial charge in [0.2, 0.25) is 0 Å². The van der Waals surface area contributed by atoms with Gasteiger partial charge in [0, 0.05) is 10.8 Å². The fourth-order valence-corrected chi connectivity index (χ4v) is 3.22. The molecule has 1 aliphatic carbocycles. The zero-order valence-corrected chi connectivity index (χ0v) is 9.63. The van der Waals surface area contributed by atoms with Crippen LogP contribution in [-0.2, 0) is 6.42 Å². The van der Waals surface area contributed by atoms with Gasteiger partial charge in [-0.15, -0.1) is 11.3 Å². The summed E-state index contributed by atoms with van der Waals surface area (Å²) >= 11 is 6.16. The van der Waals surface area contributed by atoms with E-state index in [9.17, 15) is 0 Å². The summed E-state index contributed by atoms with van der Waals surface area (Å²) in [5, 5.41) is 1.38. The molecule has 1 aromatic heterocycles. The molecule has 0 bridgehead atoms. The smallest absolute Gasteiger partial charge is 0.0961 e. The molecule has 0 N–H and O–H groups in total. The standard InChI is InChI=1S/C10H15NS2/c1-7-9(5-6-12)13-10(11-7)8-3-2-4-8/h8,12H,2-6H2,1H3. The van der Waals surface area contributed by atoms with Crippen LogP contribution in [0.4, 0.5) is 0 Å². The molecule has 1 saturated carbocycles. The van der Waals surface area contributed by atoms with E-state index in [0.717, 1.165) is 18.1 Å². The number of nitrogens with zero attached hydrogens (tertiary/aromatic N) is 1. The summed E-state index contributed by atoms with van der Waals surface area (Å²) in [4.78, 5) is 6.08. The number of aromatic nitrogens is 1. The topological polar surface area (TPSA) is 12.9 Å². The van der Waals surface area contributed by atoms with E-state index in [2.05, 4.69) is 24.5 Å². The number of aryl methyl sites for hydroxylation is 2. The molecule has 0 amide bonds. The maximum absolute atomic E-state index is 4.64. The van der Waals surface area contributed by atoms with Crippen LogP contribution >= 0.6 is 24.0 Å². The highest BCUT2D eigenvalue weighted by molar-refractivity contribution is 7.80. The van der Waals surface area contributed by atoms with Crippen molar-refractivity contribution in [1.29, 1.82) is 0 Å². The van der Waals surface area contributed by atoms with Crippen LogP contribution in [0, 0.1) is 6.92 Å². The van der Waals surface area contributed by atoms with Crippen LogP contribution < -0.4 is 0 Å². The summed E-state index contributed by atoms with van der Waals surface area (Å²) in [6.07, 6.45) is 5.19. The van der Waals surface area contributed by atoms with Crippen molar-refractivity contribution >= 4 is 24.0 Å². The van der Waals surface area contributed by atoms with Gasteiger partial charge in [0.05, 0.1) is 10.7 Å². The number of rotatable bonds is 3. The monoisotopic (exact) mass is 213 g/mol. The second-order valence-electron chi connectivity index (χ2n) is 3.66. The highest BCUT2D eigenvalue weighted by atomic mass is 32.1. The Kier molecular flexibility index (Phi) is 2.94. The van der Waals surface area contributed by atoms with Crippen molar-refractivity contribution in [2.24, 2.45) is 0 Å². The maximum atomic E-state index is 4.64. The lowest BCUT2D eigenvalue weighted by atomic mass is 9.86. The molecule has 0 atom stereocenters. The first-order valence-electron chi connectivity index (χ1n) is 4.88. The highest BCUT2D eigenvalue weighted by Gasteiger charge is 2.23. The van der Waals surface area contributed by atoms with Gasteiger partial charge in [-0.1, -0.05) is 6.42 Å². The molecule has 72 valence electrons. The zero-order chi connectivity index (χ0) is 9.26. The Balaban J connectivity index is 2.14. The van der Waals surface area contributed by atoms with E-state index in [1.807, 2.05) is 11.3 Å². The fourth-order valence-electron chi connectivity index (χ4n) is 1.61. The Hall–Kier alpha value is -0.0200. The number of thiazole rings is 1. The molecule has 1 fully saturated rings. The van der Waals surface area contributed by atoms with Crippen LogP contribution in [0.5, 0.6) is 0 Å². The van der Waals surface area contributed by atoms with Gasteiger partial charge in [-0.2, -0.15) is 12.6 Å². The Labute approximate surface area is 89.0 Å². The molecule has 0 aromatic carbocycles. The van der Waals surface area contributed by atoms with Crippen molar-refractivity contribution in [2.75, 3.05) is 5.75 Å². The fraction of sp³-hybridized carbons (Fsp3) is 0.700. The molecule has 0 spiro atoms. The van der Waals surface area contributed by atoms with Crippen molar-refractivity contribution in [3.8, 4) is 0 Å². The summed E-state index contributed by atoms with van der Waals surface area (Å²) in [6, 6.07) is 0. The van der Waals surface area contributed by atoms with Crippen LogP contribution in [-0.4, -0.2) is 10.7 Å². The minimum atomic E-state index is 0.789. The van der Waals surface area contributed by atoms with E-state index in [0.29, 0.717) is 0 Å². The first-order chi connectivity index (χ1) is 6.31. The van der Waals surface area contributed by atoms with Crippen LogP contribution in [0.1, 0.15) is 40.8 Å². The maximum Gasteiger partial charge on any atom is 0.0961 e. The van der Waals surface area contributed by atoms with E-state index in [1.54, 1.807) is 0 Å². The van der Waals surface area contributed by atoms with E-state index in [-0.39, 0.29) is 0 Å². The van der Waals surface area contributed by atoms with Crippen LogP contribution in [0.15, 0.2) is 0 Å². The van der Waals surface area contributed by atoms with Gasteiger partial charge >= 0.3 is 0 Å². The molecule has 2 rings (SSSR count). The summed E-state index contributed by atoms with van der Waals surface area (Å²) in [5.74, 6) is 1.73. The average molecular weight is 213 g/mol. The summed E-state index contributed by atoms with van der Waals surface area (Å²) in [6.45, 7) is 2.12. The molecular formula is C10H15NS2. The third-order valence-corrected chi connectivity index (χ3v) is 4.31. The van der Waals surface area contributed by atoms with E-state index in [1.165, 1.54) is 34.8 Å². The van der Waals surface area contributed by atoms with Crippen molar-refractivity contribution in [3.05, 3.63) is 15.6 Å². The molecule has 1 heterocycles. The minimum absolute atomic E-state index is 0.789. The summed E-state index contributed by atoms with van der Waals surface area (Å²) in [7, 11) is 0. The van der Waals surface area contributed by atoms with E-state index >= 15 is 0 Å². The summed E-state index contributed by atoms with van der Waals surface area (Å²) in [5.41, 5.74) is 1.24. The molecule has 0 aliphatic heterocycles. The Bertz CT molecular complexity index is 289. The lowest BCUT2D eigenvalue weighted by Gasteiger charge is -2.22. The van der Waals surface area contributed by atoms with Crippen molar-refractivity contribution in [2.45, 2.75) is 38.5 Å². The van der Waals surface area contributed by atoms with Crippen molar-refractivity contribution in [3.63, 3.8) is 0 Å². The SMILES string of the molecule is Cc1nc(C2CCC2)sc1CCS. The lowest BCUT2D eigenvalue weighted by Crippen LogP contribution is -2.07. The van der Waals surface area contributed by atoms with Crippen LogP contribution in [0.2, 0.25) is 0 Å². The van der Waals surface area contributed by atoms with Gasteiger partial charge in [-0.05, 0) is 31.9 Å². The van der Waals surface area contributed by atoms with Crippen molar-refractivity contribution in [1.82, 2.24) is 4.98 Å². The molecule has 0 radical (unpaired) electrons.